The molecular formula is C38H30N4O12S2. The van der Waals surface area contributed by atoms with Gasteiger partial charge in [0.25, 0.3) is 32.1 Å². The van der Waals surface area contributed by atoms with Gasteiger partial charge in [-0.3, -0.25) is 28.3 Å². The number of phenolic OH excluding ortho intramolecular Hbond substituents is 2. The van der Waals surface area contributed by atoms with Crippen LogP contribution in [0, 0.1) is 13.8 Å². The molecule has 0 aliphatic carbocycles. The number of phenols is 2. The summed E-state index contributed by atoms with van der Waals surface area (Å²) >= 11 is 0. The van der Waals surface area contributed by atoms with Gasteiger partial charge in [0, 0.05) is 45.4 Å². The average molecular weight is 799 g/mol. The van der Waals surface area contributed by atoms with Gasteiger partial charge in [-0.05, 0) is 84.3 Å². The molecule has 0 aliphatic heterocycles. The maximum Gasteiger partial charge on any atom is 0.314 e. The number of amides is 4. The highest BCUT2D eigenvalue weighted by Gasteiger charge is 2.21. The van der Waals surface area contributed by atoms with Gasteiger partial charge in [-0.2, -0.15) is 16.8 Å². The van der Waals surface area contributed by atoms with Crippen LogP contribution in [0.5, 0.6) is 11.5 Å². The molecule has 286 valence electrons. The summed E-state index contributed by atoms with van der Waals surface area (Å²) in [5, 5.41) is 31.9. The first-order valence-corrected chi connectivity index (χ1v) is 19.1. The van der Waals surface area contributed by atoms with Gasteiger partial charge in [-0.1, -0.05) is 36.4 Å². The molecule has 0 aromatic heterocycles. The van der Waals surface area contributed by atoms with Gasteiger partial charge >= 0.3 is 11.8 Å². The molecule has 0 saturated carbocycles. The Hall–Kier alpha value is -6.86. The summed E-state index contributed by atoms with van der Waals surface area (Å²) < 4.78 is 65.3. The monoisotopic (exact) mass is 798 g/mol. The van der Waals surface area contributed by atoms with Gasteiger partial charge in [0.15, 0.2) is 0 Å². The Kier molecular flexibility index (Phi) is 10.2. The van der Waals surface area contributed by atoms with Gasteiger partial charge in [0.1, 0.15) is 11.5 Å². The third-order valence-electron chi connectivity index (χ3n) is 8.64. The lowest BCUT2D eigenvalue weighted by atomic mass is 10.0. The Morgan fingerprint density at radius 2 is 0.875 bits per heavy atom. The average Bonchev–Trinajstić information content (AvgIpc) is 3.12. The van der Waals surface area contributed by atoms with Crippen LogP contribution >= 0.6 is 0 Å². The quantitative estimate of drug-likeness (QED) is 0.0691. The van der Waals surface area contributed by atoms with Gasteiger partial charge in [-0.25, -0.2) is 0 Å². The molecule has 0 saturated heterocycles. The van der Waals surface area contributed by atoms with Crippen LogP contribution in [0.2, 0.25) is 0 Å². The fourth-order valence-electron chi connectivity index (χ4n) is 5.91. The fraction of sp³-hybridized carbons (Fsp3) is 0.0526. The van der Waals surface area contributed by atoms with E-state index in [0.29, 0.717) is 11.1 Å². The fourth-order valence-corrected chi connectivity index (χ4v) is 6.98. The highest BCUT2D eigenvalue weighted by molar-refractivity contribution is 7.86. The summed E-state index contributed by atoms with van der Waals surface area (Å²) in [6, 6.07) is 21.4. The number of aromatic hydroxyl groups is 2. The van der Waals surface area contributed by atoms with E-state index in [1.54, 1.807) is 13.8 Å². The summed E-state index contributed by atoms with van der Waals surface area (Å²) in [6.45, 7) is 3.25. The Bertz CT molecular complexity index is 2700. The van der Waals surface area contributed by atoms with Crippen molar-refractivity contribution in [2.24, 2.45) is 0 Å². The lowest BCUT2D eigenvalue weighted by Gasteiger charge is -2.14. The molecule has 6 aromatic rings. The minimum absolute atomic E-state index is 0.0745. The standard InChI is InChI=1S/C38H30N4O12S2/c1-19-9-11-23(15-27(19)35(45)41-29-7-3-5-21-13-25(55(49,50)51)17-31(43)33(21)29)39-37(47)38(48)40-24-12-10-20(2)28(16-24)36(46)42-30-8-4-6-22-14-26(56(52,53)54)18-32(44)34(22)30/h3-18,43-44H,1-2H3,(H,39,47)(H,40,48)(H,41,45)(H,42,46)(H,49,50,51)(H,52,53,54). The second-order valence-electron chi connectivity index (χ2n) is 12.5. The van der Waals surface area contributed by atoms with Crippen molar-refractivity contribution in [1.82, 2.24) is 0 Å². The number of hydrogen-bond acceptors (Lipinski definition) is 10. The molecule has 8 N–H and O–H groups in total. The Morgan fingerprint density at radius 3 is 1.23 bits per heavy atom. The minimum Gasteiger partial charge on any atom is -0.507 e. The van der Waals surface area contributed by atoms with E-state index in [4.69, 9.17) is 0 Å². The first kappa shape index (κ1) is 38.9. The first-order chi connectivity index (χ1) is 26.3. The van der Waals surface area contributed by atoms with Crippen LogP contribution in [0.4, 0.5) is 22.7 Å². The SMILES string of the molecule is Cc1ccc(NC(=O)C(=O)Nc2ccc(C)c(C(=O)Nc3cccc4cc(S(=O)(=O)O)cc(O)c34)c2)cc1C(=O)Nc1cccc2cc(S(=O)(=O)O)cc(O)c12. The number of anilines is 4. The molecule has 56 heavy (non-hydrogen) atoms. The molecule has 0 aliphatic rings. The number of rotatable bonds is 8. The van der Waals surface area contributed by atoms with Crippen molar-refractivity contribution < 1.29 is 55.3 Å². The van der Waals surface area contributed by atoms with E-state index in [0.717, 1.165) is 24.3 Å². The van der Waals surface area contributed by atoms with E-state index < -0.39 is 65.2 Å². The number of benzene rings is 6. The summed E-state index contributed by atoms with van der Waals surface area (Å²) in [5.41, 5.74) is 1.52. The Morgan fingerprint density at radius 1 is 0.500 bits per heavy atom. The highest BCUT2D eigenvalue weighted by Crippen LogP contribution is 2.36. The maximum absolute atomic E-state index is 13.4. The summed E-state index contributed by atoms with van der Waals surface area (Å²) in [6.07, 6.45) is 0. The number of carbonyl (C=O) groups excluding carboxylic acids is 4. The topological polar surface area (TPSA) is 266 Å². The second kappa shape index (κ2) is 14.8. The van der Waals surface area contributed by atoms with Crippen molar-refractivity contribution in [3.05, 3.63) is 119 Å². The normalized spacial score (nSPS) is 11.6. The molecule has 0 spiro atoms. The molecule has 0 unspecified atom stereocenters. The molecule has 4 amide bonds. The lowest BCUT2D eigenvalue weighted by Crippen LogP contribution is -2.29. The maximum atomic E-state index is 13.4. The second-order valence-corrected chi connectivity index (χ2v) is 15.4. The first-order valence-electron chi connectivity index (χ1n) is 16.2. The largest absolute Gasteiger partial charge is 0.507 e. The molecule has 0 radical (unpaired) electrons. The van der Waals surface area contributed by atoms with Crippen LogP contribution in [-0.2, 0) is 29.8 Å². The van der Waals surface area contributed by atoms with E-state index in [1.165, 1.54) is 72.8 Å². The van der Waals surface area contributed by atoms with Crippen molar-refractivity contribution in [2.45, 2.75) is 23.6 Å². The zero-order chi connectivity index (χ0) is 40.7. The summed E-state index contributed by atoms with van der Waals surface area (Å²) in [7, 11) is -9.24. The van der Waals surface area contributed by atoms with E-state index in [-0.39, 0.29) is 55.4 Å². The van der Waals surface area contributed by atoms with Crippen molar-refractivity contribution >= 4 is 88.2 Å². The van der Waals surface area contributed by atoms with Crippen LogP contribution in [0.1, 0.15) is 31.8 Å². The summed E-state index contributed by atoms with van der Waals surface area (Å²) in [5.74, 6) is -4.59. The third-order valence-corrected chi connectivity index (χ3v) is 10.3. The van der Waals surface area contributed by atoms with E-state index >= 15 is 0 Å². The predicted molar refractivity (Wildman–Crippen MR) is 206 cm³/mol. The van der Waals surface area contributed by atoms with E-state index in [9.17, 15) is 55.3 Å². The van der Waals surface area contributed by atoms with E-state index in [2.05, 4.69) is 21.3 Å². The van der Waals surface area contributed by atoms with Crippen molar-refractivity contribution in [1.29, 1.82) is 0 Å². The van der Waals surface area contributed by atoms with Gasteiger partial charge in [0.05, 0.1) is 21.2 Å². The molecule has 0 bridgehead atoms. The number of fused-ring (bicyclic) bond motifs is 2. The van der Waals surface area contributed by atoms with Crippen LogP contribution in [0.3, 0.4) is 0 Å². The van der Waals surface area contributed by atoms with Crippen LogP contribution in [0.25, 0.3) is 21.5 Å². The molecule has 0 atom stereocenters. The minimum atomic E-state index is -4.62. The summed E-state index contributed by atoms with van der Waals surface area (Å²) in [4.78, 5) is 51.6. The Labute approximate surface area is 318 Å². The third kappa shape index (κ3) is 8.12. The zero-order valence-corrected chi connectivity index (χ0v) is 30.7. The van der Waals surface area contributed by atoms with Crippen LogP contribution in [0.15, 0.2) is 107 Å². The molecule has 18 heteroatoms. The highest BCUT2D eigenvalue weighted by atomic mass is 32.2. The van der Waals surface area contributed by atoms with Gasteiger partial charge < -0.3 is 31.5 Å². The predicted octanol–water partition coefficient (Wildman–Crippen LogP) is 5.60. The van der Waals surface area contributed by atoms with Crippen molar-refractivity contribution in [3.8, 4) is 11.5 Å². The Balaban J connectivity index is 1.16. The van der Waals surface area contributed by atoms with Gasteiger partial charge in [-0.15, -0.1) is 0 Å². The van der Waals surface area contributed by atoms with Crippen LogP contribution in [-0.4, -0.2) is 59.8 Å². The lowest BCUT2D eigenvalue weighted by molar-refractivity contribution is -0.132. The zero-order valence-electron chi connectivity index (χ0n) is 29.1. The van der Waals surface area contributed by atoms with Crippen molar-refractivity contribution in [2.75, 3.05) is 21.3 Å². The molecule has 6 rings (SSSR count). The van der Waals surface area contributed by atoms with E-state index in [1.807, 2.05) is 0 Å². The smallest absolute Gasteiger partial charge is 0.314 e. The van der Waals surface area contributed by atoms with Gasteiger partial charge in [0.2, 0.25) is 0 Å². The molecule has 0 heterocycles. The molecule has 16 nitrogen and oxygen atoms in total. The van der Waals surface area contributed by atoms with Crippen LogP contribution < -0.4 is 21.3 Å². The number of carbonyl (C=O) groups is 4. The number of nitrogens with one attached hydrogen (secondary N) is 4. The number of hydrogen-bond donors (Lipinski definition) is 8. The number of aryl methyl sites for hydroxylation is 2. The van der Waals surface area contributed by atoms with Crippen molar-refractivity contribution in [3.63, 3.8) is 0 Å². The molecule has 0 fully saturated rings. The molecule has 6 aromatic carbocycles. The molecular weight excluding hydrogens is 769 g/mol.